The maximum Gasteiger partial charge on any atom is 0.130 e. The van der Waals surface area contributed by atoms with Crippen molar-refractivity contribution in [3.8, 4) is 0 Å². The second kappa shape index (κ2) is 4.45. The first-order valence-electron chi connectivity index (χ1n) is 5.06. The van der Waals surface area contributed by atoms with Crippen LogP contribution >= 0.6 is 15.9 Å². The van der Waals surface area contributed by atoms with Crippen molar-refractivity contribution in [3.63, 3.8) is 0 Å². The molecule has 0 bridgehead atoms. The van der Waals surface area contributed by atoms with Crippen molar-refractivity contribution in [3.05, 3.63) is 17.0 Å². The van der Waals surface area contributed by atoms with Gasteiger partial charge in [-0.25, -0.2) is 9.97 Å². The van der Waals surface area contributed by atoms with Crippen molar-refractivity contribution in [1.29, 1.82) is 0 Å². The molecule has 2 rings (SSSR count). The van der Waals surface area contributed by atoms with Gasteiger partial charge < -0.3 is 10.4 Å². The smallest absolute Gasteiger partial charge is 0.130 e. The van der Waals surface area contributed by atoms with Crippen LogP contribution in [0.1, 0.15) is 19.3 Å². The predicted molar refractivity (Wildman–Crippen MR) is 61.6 cm³/mol. The summed E-state index contributed by atoms with van der Waals surface area (Å²) < 4.78 is 0.784. The Morgan fingerprint density at radius 3 is 2.87 bits per heavy atom. The van der Waals surface area contributed by atoms with Crippen LogP contribution in [0.4, 0.5) is 5.82 Å². The third-order valence-electron chi connectivity index (χ3n) is 2.88. The van der Waals surface area contributed by atoms with E-state index in [1.54, 1.807) is 0 Å². The van der Waals surface area contributed by atoms with Crippen LogP contribution in [0.5, 0.6) is 0 Å². The first kappa shape index (κ1) is 10.8. The molecule has 1 heterocycles. The third-order valence-corrected chi connectivity index (χ3v) is 3.31. The Balaban J connectivity index is 1.88. The summed E-state index contributed by atoms with van der Waals surface area (Å²) in [5.41, 5.74) is 0.312. The zero-order valence-corrected chi connectivity index (χ0v) is 10.00. The van der Waals surface area contributed by atoms with Gasteiger partial charge in [-0.2, -0.15) is 0 Å². The van der Waals surface area contributed by atoms with Gasteiger partial charge in [0.05, 0.1) is 0 Å². The number of rotatable bonds is 5. The molecular weight excluding hydrogens is 258 g/mol. The molecule has 1 saturated carbocycles. The van der Waals surface area contributed by atoms with Crippen LogP contribution in [0.15, 0.2) is 17.0 Å². The first-order chi connectivity index (χ1) is 7.24. The molecule has 0 amide bonds. The second-order valence-electron chi connectivity index (χ2n) is 4.05. The summed E-state index contributed by atoms with van der Waals surface area (Å²) in [6.07, 6.45) is 4.81. The molecule has 0 aromatic carbocycles. The molecule has 0 aliphatic heterocycles. The fourth-order valence-corrected chi connectivity index (χ4v) is 1.95. The van der Waals surface area contributed by atoms with Crippen LogP contribution in [0.25, 0.3) is 0 Å². The SMILES string of the molecule is OCCC1(CNc2cc(Br)ncn2)CC1. The number of nitrogens with one attached hydrogen (secondary N) is 1. The summed E-state index contributed by atoms with van der Waals surface area (Å²) in [4.78, 5) is 8.08. The lowest BCUT2D eigenvalue weighted by Gasteiger charge is -2.14. The van der Waals surface area contributed by atoms with Crippen LogP contribution < -0.4 is 5.32 Å². The van der Waals surface area contributed by atoms with Crippen molar-refractivity contribution in [1.82, 2.24) is 9.97 Å². The summed E-state index contributed by atoms with van der Waals surface area (Å²) in [6, 6.07) is 1.86. The standard InChI is InChI=1S/C10H14BrN3O/c11-8-5-9(14-7-13-8)12-6-10(1-2-10)3-4-15/h5,7,15H,1-4,6H2,(H,12,13,14). The Labute approximate surface area is 97.3 Å². The van der Waals surface area contributed by atoms with Gasteiger partial charge in [0.2, 0.25) is 0 Å². The molecule has 5 heteroatoms. The molecule has 4 nitrogen and oxygen atoms in total. The topological polar surface area (TPSA) is 58.0 Å². The van der Waals surface area contributed by atoms with Gasteiger partial charge in [-0.3, -0.25) is 0 Å². The Morgan fingerprint density at radius 1 is 1.47 bits per heavy atom. The molecule has 1 aromatic heterocycles. The van der Waals surface area contributed by atoms with E-state index in [-0.39, 0.29) is 6.61 Å². The average molecular weight is 272 g/mol. The third kappa shape index (κ3) is 2.89. The minimum atomic E-state index is 0.273. The molecule has 0 radical (unpaired) electrons. The molecule has 0 unspecified atom stereocenters. The minimum Gasteiger partial charge on any atom is -0.396 e. The van der Waals surface area contributed by atoms with E-state index in [1.807, 2.05) is 6.07 Å². The van der Waals surface area contributed by atoms with Gasteiger partial charge in [0.15, 0.2) is 0 Å². The van der Waals surface area contributed by atoms with E-state index in [9.17, 15) is 0 Å². The van der Waals surface area contributed by atoms with E-state index in [2.05, 4.69) is 31.2 Å². The molecule has 0 atom stereocenters. The molecule has 1 aliphatic rings. The molecule has 0 spiro atoms. The Bertz CT molecular complexity index is 341. The van der Waals surface area contributed by atoms with Crippen LogP contribution in [0, 0.1) is 5.41 Å². The van der Waals surface area contributed by atoms with Gasteiger partial charge >= 0.3 is 0 Å². The highest BCUT2D eigenvalue weighted by Gasteiger charge is 2.41. The summed E-state index contributed by atoms with van der Waals surface area (Å²) in [7, 11) is 0. The normalized spacial score (nSPS) is 17.5. The Morgan fingerprint density at radius 2 is 2.27 bits per heavy atom. The summed E-state index contributed by atoms with van der Waals surface area (Å²) in [5, 5.41) is 12.2. The van der Waals surface area contributed by atoms with Gasteiger partial charge in [0, 0.05) is 19.2 Å². The van der Waals surface area contributed by atoms with Crippen LogP contribution in [0.2, 0.25) is 0 Å². The summed E-state index contributed by atoms with van der Waals surface area (Å²) >= 11 is 3.30. The van der Waals surface area contributed by atoms with E-state index in [0.29, 0.717) is 5.41 Å². The van der Waals surface area contributed by atoms with Gasteiger partial charge in [0.25, 0.3) is 0 Å². The van der Waals surface area contributed by atoms with Crippen molar-refractivity contribution in [2.75, 3.05) is 18.5 Å². The monoisotopic (exact) mass is 271 g/mol. The predicted octanol–water partition coefficient (Wildman–Crippen LogP) is 1.81. The molecule has 1 fully saturated rings. The highest BCUT2D eigenvalue weighted by atomic mass is 79.9. The lowest BCUT2D eigenvalue weighted by Crippen LogP contribution is -2.17. The number of aliphatic hydroxyl groups is 1. The average Bonchev–Trinajstić information content (AvgIpc) is 2.97. The fourth-order valence-electron chi connectivity index (χ4n) is 1.64. The highest BCUT2D eigenvalue weighted by Crippen LogP contribution is 2.48. The lowest BCUT2D eigenvalue weighted by molar-refractivity contribution is 0.253. The molecular formula is C10H14BrN3O. The minimum absolute atomic E-state index is 0.273. The zero-order valence-electron chi connectivity index (χ0n) is 8.41. The van der Waals surface area contributed by atoms with E-state index >= 15 is 0 Å². The summed E-state index contributed by atoms with van der Waals surface area (Å²) in [5.74, 6) is 0.834. The van der Waals surface area contributed by atoms with Gasteiger partial charge in [-0.15, -0.1) is 0 Å². The molecule has 2 N–H and O–H groups in total. The number of hydrogen-bond donors (Lipinski definition) is 2. The number of aliphatic hydroxyl groups excluding tert-OH is 1. The van der Waals surface area contributed by atoms with Crippen molar-refractivity contribution in [2.24, 2.45) is 5.41 Å². The fraction of sp³-hybridized carbons (Fsp3) is 0.600. The highest BCUT2D eigenvalue weighted by molar-refractivity contribution is 9.10. The number of nitrogens with zero attached hydrogens (tertiary/aromatic N) is 2. The number of aromatic nitrogens is 2. The first-order valence-corrected chi connectivity index (χ1v) is 5.86. The molecule has 0 saturated heterocycles. The lowest BCUT2D eigenvalue weighted by atomic mass is 10.0. The Hall–Kier alpha value is -0.680. The van der Waals surface area contributed by atoms with Crippen molar-refractivity contribution >= 4 is 21.7 Å². The van der Waals surface area contributed by atoms with Crippen LogP contribution in [-0.4, -0.2) is 28.2 Å². The molecule has 15 heavy (non-hydrogen) atoms. The van der Waals surface area contributed by atoms with Crippen LogP contribution in [-0.2, 0) is 0 Å². The second-order valence-corrected chi connectivity index (χ2v) is 4.87. The maximum absolute atomic E-state index is 8.92. The van der Waals surface area contributed by atoms with E-state index in [0.717, 1.165) is 23.4 Å². The number of hydrogen-bond acceptors (Lipinski definition) is 4. The molecule has 1 aliphatic carbocycles. The molecule has 1 aromatic rings. The molecule has 82 valence electrons. The van der Waals surface area contributed by atoms with E-state index in [4.69, 9.17) is 5.11 Å². The van der Waals surface area contributed by atoms with Crippen LogP contribution in [0.3, 0.4) is 0 Å². The zero-order chi connectivity index (χ0) is 10.7. The van der Waals surface area contributed by atoms with Gasteiger partial charge in [-0.05, 0) is 40.6 Å². The maximum atomic E-state index is 8.92. The quantitative estimate of drug-likeness (QED) is 0.803. The Kier molecular flexibility index (Phi) is 3.21. The van der Waals surface area contributed by atoms with Crippen molar-refractivity contribution in [2.45, 2.75) is 19.3 Å². The summed E-state index contributed by atoms with van der Waals surface area (Å²) in [6.45, 7) is 1.16. The number of anilines is 1. The number of halogens is 1. The van der Waals surface area contributed by atoms with Crippen molar-refractivity contribution < 1.29 is 5.11 Å². The van der Waals surface area contributed by atoms with E-state index in [1.165, 1.54) is 19.2 Å². The largest absolute Gasteiger partial charge is 0.396 e. The van der Waals surface area contributed by atoms with E-state index < -0.39 is 0 Å². The van der Waals surface area contributed by atoms with Gasteiger partial charge in [-0.1, -0.05) is 0 Å². The van der Waals surface area contributed by atoms with Gasteiger partial charge in [0.1, 0.15) is 16.7 Å².